The van der Waals surface area contributed by atoms with Gasteiger partial charge < -0.3 is 24.6 Å². The van der Waals surface area contributed by atoms with Crippen LogP contribution in [0, 0.1) is 0 Å². The number of carboxylic acids is 1. The lowest BCUT2D eigenvalue weighted by atomic mass is 9.98. The predicted octanol–water partition coefficient (Wildman–Crippen LogP) is 5.27. The molecular weight excluding hydrogens is 493 g/mol. The van der Waals surface area contributed by atoms with Gasteiger partial charge in [0.15, 0.2) is 0 Å². The number of methoxy groups -OCH3 is 2. The molecular formula is C26H23Cl2NO6. The standard InChI is InChI=1S/C26H23Cl2NO6/c1-15(26(32)33)25(31)29(14-16-8-10-18(34-2)13-23(16)35-3)22-11-9-17(27)12-20(22)24(30)19-6-4-5-7-21(19)28/h4-13,24,30H,1,14H2,2-3H3,(H,32,33). The van der Waals surface area contributed by atoms with Gasteiger partial charge in [-0.2, -0.15) is 0 Å². The Kier molecular flexibility index (Phi) is 8.40. The minimum Gasteiger partial charge on any atom is -0.497 e. The molecule has 0 radical (unpaired) electrons. The van der Waals surface area contributed by atoms with Crippen LogP contribution >= 0.6 is 23.2 Å². The van der Waals surface area contributed by atoms with E-state index in [0.29, 0.717) is 32.7 Å². The number of carbonyl (C=O) groups is 2. The van der Waals surface area contributed by atoms with Crippen LogP contribution in [0.1, 0.15) is 22.8 Å². The molecule has 182 valence electrons. The molecule has 0 spiro atoms. The second-order valence-electron chi connectivity index (χ2n) is 7.48. The van der Waals surface area contributed by atoms with Crippen molar-refractivity contribution in [1.82, 2.24) is 0 Å². The van der Waals surface area contributed by atoms with Crippen molar-refractivity contribution in [3.63, 3.8) is 0 Å². The zero-order valence-corrected chi connectivity index (χ0v) is 20.5. The normalized spacial score (nSPS) is 11.5. The first kappa shape index (κ1) is 26.1. The van der Waals surface area contributed by atoms with Gasteiger partial charge in [0.05, 0.1) is 26.5 Å². The summed E-state index contributed by atoms with van der Waals surface area (Å²) in [6.07, 6.45) is -1.26. The second kappa shape index (κ2) is 11.3. The van der Waals surface area contributed by atoms with Gasteiger partial charge >= 0.3 is 5.97 Å². The van der Waals surface area contributed by atoms with Crippen LogP contribution in [-0.2, 0) is 16.1 Å². The van der Waals surface area contributed by atoms with Crippen LogP contribution in [0.15, 0.2) is 72.8 Å². The lowest BCUT2D eigenvalue weighted by molar-refractivity contribution is -0.134. The van der Waals surface area contributed by atoms with Crippen molar-refractivity contribution in [3.05, 3.63) is 99.6 Å². The summed E-state index contributed by atoms with van der Waals surface area (Å²) in [5.74, 6) is -1.38. The molecule has 0 aliphatic rings. The maximum Gasteiger partial charge on any atom is 0.340 e. The van der Waals surface area contributed by atoms with Crippen LogP contribution in [0.3, 0.4) is 0 Å². The number of aliphatic hydroxyl groups is 1. The molecule has 3 aromatic rings. The molecule has 9 heteroatoms. The SMILES string of the molecule is C=C(C(=O)O)C(=O)N(Cc1ccc(OC)cc1OC)c1ccc(Cl)cc1C(O)c1ccccc1Cl. The molecule has 2 N–H and O–H groups in total. The Hall–Kier alpha value is -3.52. The molecule has 35 heavy (non-hydrogen) atoms. The Balaban J connectivity index is 2.18. The first-order chi connectivity index (χ1) is 16.7. The lowest BCUT2D eigenvalue weighted by Crippen LogP contribution is -2.34. The van der Waals surface area contributed by atoms with Crippen LogP contribution in [0.4, 0.5) is 5.69 Å². The first-order valence-electron chi connectivity index (χ1n) is 10.3. The van der Waals surface area contributed by atoms with E-state index in [-0.39, 0.29) is 17.8 Å². The van der Waals surface area contributed by atoms with Gasteiger partial charge in [-0.25, -0.2) is 4.79 Å². The summed E-state index contributed by atoms with van der Waals surface area (Å²) in [5, 5.41) is 21.3. The summed E-state index contributed by atoms with van der Waals surface area (Å²) in [6, 6.07) is 16.3. The van der Waals surface area contributed by atoms with Crippen LogP contribution in [-0.4, -0.2) is 36.3 Å². The van der Waals surface area contributed by atoms with Gasteiger partial charge in [0.1, 0.15) is 23.2 Å². The van der Waals surface area contributed by atoms with Crippen LogP contribution in [0.25, 0.3) is 0 Å². The van der Waals surface area contributed by atoms with E-state index in [1.165, 1.54) is 37.3 Å². The van der Waals surface area contributed by atoms with Crippen molar-refractivity contribution >= 4 is 40.8 Å². The zero-order chi connectivity index (χ0) is 25.7. The fourth-order valence-electron chi connectivity index (χ4n) is 3.53. The number of aliphatic carboxylic acids is 1. The summed E-state index contributed by atoms with van der Waals surface area (Å²) >= 11 is 12.5. The minimum absolute atomic E-state index is 0.0951. The average Bonchev–Trinajstić information content (AvgIpc) is 2.86. The number of hydrogen-bond donors (Lipinski definition) is 2. The Morgan fingerprint density at radius 3 is 2.34 bits per heavy atom. The maximum absolute atomic E-state index is 13.3. The molecule has 0 fully saturated rings. The topological polar surface area (TPSA) is 96.3 Å². The smallest absolute Gasteiger partial charge is 0.340 e. The minimum atomic E-state index is -1.47. The summed E-state index contributed by atoms with van der Waals surface area (Å²) in [4.78, 5) is 26.1. The van der Waals surface area contributed by atoms with Crippen molar-refractivity contribution in [1.29, 1.82) is 0 Å². The zero-order valence-electron chi connectivity index (χ0n) is 19.0. The number of amides is 1. The number of anilines is 1. The Morgan fingerprint density at radius 1 is 1.00 bits per heavy atom. The van der Waals surface area contributed by atoms with Gasteiger partial charge in [-0.05, 0) is 36.4 Å². The third-order valence-corrected chi connectivity index (χ3v) is 5.94. The Labute approximate surface area is 212 Å². The Bertz CT molecular complexity index is 1280. The monoisotopic (exact) mass is 515 g/mol. The van der Waals surface area contributed by atoms with E-state index in [1.54, 1.807) is 42.5 Å². The molecule has 3 rings (SSSR count). The van der Waals surface area contributed by atoms with E-state index in [0.717, 1.165) is 0 Å². The molecule has 0 aromatic heterocycles. The maximum atomic E-state index is 13.3. The van der Waals surface area contributed by atoms with Gasteiger partial charge in [0.25, 0.3) is 5.91 Å². The van der Waals surface area contributed by atoms with E-state index in [1.807, 2.05) is 0 Å². The quantitative estimate of drug-likeness (QED) is 0.229. The molecule has 1 unspecified atom stereocenters. The van der Waals surface area contributed by atoms with Gasteiger partial charge in [0.2, 0.25) is 0 Å². The molecule has 3 aromatic carbocycles. The largest absolute Gasteiger partial charge is 0.497 e. The third-order valence-electron chi connectivity index (χ3n) is 5.36. The summed E-state index contributed by atoms with van der Waals surface area (Å²) < 4.78 is 10.7. The van der Waals surface area contributed by atoms with Gasteiger partial charge in [-0.15, -0.1) is 0 Å². The number of nitrogens with zero attached hydrogens (tertiary/aromatic N) is 1. The molecule has 1 atom stereocenters. The van der Waals surface area contributed by atoms with Crippen LogP contribution in [0.2, 0.25) is 10.0 Å². The van der Waals surface area contributed by atoms with Crippen molar-refractivity contribution in [3.8, 4) is 11.5 Å². The van der Waals surface area contributed by atoms with E-state index < -0.39 is 23.6 Å². The number of ether oxygens (including phenoxy) is 2. The van der Waals surface area contributed by atoms with Crippen molar-refractivity contribution < 1.29 is 29.3 Å². The molecule has 0 aliphatic carbocycles. The summed E-state index contributed by atoms with van der Waals surface area (Å²) in [7, 11) is 2.98. The highest BCUT2D eigenvalue weighted by Gasteiger charge is 2.29. The van der Waals surface area contributed by atoms with Crippen LogP contribution < -0.4 is 14.4 Å². The second-order valence-corrected chi connectivity index (χ2v) is 8.32. The number of benzene rings is 3. The van der Waals surface area contributed by atoms with Gasteiger partial charge in [0, 0.05) is 32.8 Å². The Morgan fingerprint density at radius 2 is 1.71 bits per heavy atom. The molecule has 0 bridgehead atoms. The van der Waals surface area contributed by atoms with Crippen molar-refractivity contribution in [2.75, 3.05) is 19.1 Å². The third kappa shape index (κ3) is 5.77. The van der Waals surface area contributed by atoms with Crippen molar-refractivity contribution in [2.24, 2.45) is 0 Å². The van der Waals surface area contributed by atoms with E-state index in [2.05, 4.69) is 6.58 Å². The molecule has 0 saturated carbocycles. The van der Waals surface area contributed by atoms with E-state index >= 15 is 0 Å². The van der Waals surface area contributed by atoms with Crippen LogP contribution in [0.5, 0.6) is 11.5 Å². The van der Waals surface area contributed by atoms with Crippen molar-refractivity contribution in [2.45, 2.75) is 12.6 Å². The number of carboxylic acid groups (broad SMARTS) is 1. The summed E-state index contributed by atoms with van der Waals surface area (Å²) in [6.45, 7) is 3.33. The number of carbonyl (C=O) groups excluding carboxylic acids is 1. The van der Waals surface area contributed by atoms with Gasteiger partial charge in [-0.3, -0.25) is 4.79 Å². The van der Waals surface area contributed by atoms with Gasteiger partial charge in [-0.1, -0.05) is 48.0 Å². The number of aliphatic hydroxyl groups excluding tert-OH is 1. The van der Waals surface area contributed by atoms with E-state index in [4.69, 9.17) is 32.7 Å². The lowest BCUT2D eigenvalue weighted by Gasteiger charge is -2.28. The first-order valence-corrected chi connectivity index (χ1v) is 11.1. The molecule has 0 saturated heterocycles. The van der Waals surface area contributed by atoms with E-state index in [9.17, 15) is 19.8 Å². The molecule has 7 nitrogen and oxygen atoms in total. The molecule has 1 amide bonds. The highest BCUT2D eigenvalue weighted by atomic mass is 35.5. The summed E-state index contributed by atoms with van der Waals surface area (Å²) in [5.41, 5.74) is 0.791. The number of halogens is 2. The molecule has 0 heterocycles. The highest BCUT2D eigenvalue weighted by molar-refractivity contribution is 6.31. The number of rotatable bonds is 9. The fourth-order valence-corrected chi connectivity index (χ4v) is 3.95. The average molecular weight is 516 g/mol. The highest BCUT2D eigenvalue weighted by Crippen LogP contribution is 2.37. The predicted molar refractivity (Wildman–Crippen MR) is 134 cm³/mol. The fraction of sp³-hybridized carbons (Fsp3) is 0.154. The molecule has 0 aliphatic heterocycles. The number of hydrogen-bond acceptors (Lipinski definition) is 5.